The molecule has 19 heavy (non-hydrogen) atoms. The first-order valence-corrected chi connectivity index (χ1v) is 6.98. The number of rotatable bonds is 3. The third-order valence-corrected chi connectivity index (χ3v) is 3.92. The lowest BCUT2D eigenvalue weighted by Gasteiger charge is -2.24. The van der Waals surface area contributed by atoms with Crippen molar-refractivity contribution in [3.05, 3.63) is 42.1 Å². The first-order valence-electron chi connectivity index (χ1n) is 6.98. The molecule has 1 aromatic heterocycles. The van der Waals surface area contributed by atoms with Crippen LogP contribution in [0.3, 0.4) is 0 Å². The van der Waals surface area contributed by atoms with Crippen LogP contribution in [-0.2, 0) is 0 Å². The Labute approximate surface area is 113 Å². The van der Waals surface area contributed by atoms with Crippen molar-refractivity contribution < 1.29 is 4.79 Å². The van der Waals surface area contributed by atoms with Crippen molar-refractivity contribution in [2.24, 2.45) is 0 Å². The van der Waals surface area contributed by atoms with E-state index >= 15 is 0 Å². The number of benzene rings is 1. The van der Waals surface area contributed by atoms with Crippen LogP contribution in [0.15, 0.2) is 36.5 Å². The molecular weight excluding hydrogens is 236 g/mol. The van der Waals surface area contributed by atoms with Crippen molar-refractivity contribution in [1.29, 1.82) is 0 Å². The lowest BCUT2D eigenvalue weighted by Crippen LogP contribution is -2.15. The van der Waals surface area contributed by atoms with E-state index < -0.39 is 0 Å². The second kappa shape index (κ2) is 5.39. The summed E-state index contributed by atoms with van der Waals surface area (Å²) >= 11 is 0. The van der Waals surface area contributed by atoms with Crippen LogP contribution in [0.25, 0.3) is 11.3 Å². The van der Waals surface area contributed by atoms with Crippen molar-refractivity contribution in [2.45, 2.75) is 38.1 Å². The topological polar surface area (TPSA) is 34.9 Å². The van der Waals surface area contributed by atoms with Gasteiger partial charge in [0, 0.05) is 5.56 Å². The molecule has 1 aliphatic rings. The zero-order valence-electron chi connectivity index (χ0n) is 11.0. The van der Waals surface area contributed by atoms with Gasteiger partial charge in [-0.05, 0) is 12.8 Å². The minimum atomic E-state index is 0.442. The van der Waals surface area contributed by atoms with Crippen molar-refractivity contribution in [1.82, 2.24) is 9.78 Å². The summed E-state index contributed by atoms with van der Waals surface area (Å²) in [5.41, 5.74) is 2.74. The fourth-order valence-electron chi connectivity index (χ4n) is 2.96. The number of carbonyl (C=O) groups is 1. The van der Waals surface area contributed by atoms with Crippen molar-refractivity contribution in [3.63, 3.8) is 0 Å². The summed E-state index contributed by atoms with van der Waals surface area (Å²) in [6.07, 6.45) is 8.78. The molecule has 0 aliphatic heterocycles. The maximum atomic E-state index is 11.2. The molecule has 1 aliphatic carbocycles. The van der Waals surface area contributed by atoms with Crippen LogP contribution in [0.5, 0.6) is 0 Å². The number of hydrogen-bond donors (Lipinski definition) is 0. The van der Waals surface area contributed by atoms with Gasteiger partial charge in [0.25, 0.3) is 0 Å². The summed E-state index contributed by atoms with van der Waals surface area (Å²) in [5, 5.41) is 4.47. The molecule has 2 aromatic rings. The van der Waals surface area contributed by atoms with E-state index in [1.54, 1.807) is 6.20 Å². The Morgan fingerprint density at radius 1 is 1.11 bits per heavy atom. The smallest absolute Gasteiger partial charge is 0.153 e. The summed E-state index contributed by atoms with van der Waals surface area (Å²) < 4.78 is 2.07. The number of aldehydes is 1. The van der Waals surface area contributed by atoms with Gasteiger partial charge in [-0.15, -0.1) is 0 Å². The van der Waals surface area contributed by atoms with Gasteiger partial charge in [-0.1, -0.05) is 49.6 Å². The molecule has 3 rings (SSSR count). The predicted octanol–water partition coefficient (Wildman–Crippen LogP) is 3.87. The van der Waals surface area contributed by atoms with Gasteiger partial charge in [0.2, 0.25) is 0 Å². The molecule has 1 heterocycles. The summed E-state index contributed by atoms with van der Waals surface area (Å²) in [4.78, 5) is 11.2. The Kier molecular flexibility index (Phi) is 3.45. The Morgan fingerprint density at radius 3 is 2.53 bits per heavy atom. The average molecular weight is 254 g/mol. The highest BCUT2D eigenvalue weighted by Gasteiger charge is 2.21. The molecule has 0 amide bonds. The second-order valence-electron chi connectivity index (χ2n) is 5.17. The van der Waals surface area contributed by atoms with E-state index in [9.17, 15) is 4.79 Å². The van der Waals surface area contributed by atoms with E-state index in [0.717, 1.165) is 17.5 Å². The van der Waals surface area contributed by atoms with E-state index in [0.29, 0.717) is 11.6 Å². The van der Waals surface area contributed by atoms with E-state index in [1.165, 1.54) is 32.1 Å². The van der Waals surface area contributed by atoms with Gasteiger partial charge < -0.3 is 0 Å². The third kappa shape index (κ3) is 2.33. The molecular formula is C16H18N2O. The lowest BCUT2D eigenvalue weighted by atomic mass is 9.95. The lowest BCUT2D eigenvalue weighted by molar-refractivity contribution is 0.112. The van der Waals surface area contributed by atoms with Crippen LogP contribution in [0.4, 0.5) is 0 Å². The first kappa shape index (κ1) is 12.2. The van der Waals surface area contributed by atoms with Crippen LogP contribution in [0.2, 0.25) is 0 Å². The van der Waals surface area contributed by atoms with Gasteiger partial charge in [0.15, 0.2) is 6.29 Å². The minimum Gasteiger partial charge on any atom is -0.298 e. The molecule has 0 radical (unpaired) electrons. The maximum absolute atomic E-state index is 11.2. The first-order chi connectivity index (χ1) is 9.40. The molecule has 3 nitrogen and oxygen atoms in total. The zero-order chi connectivity index (χ0) is 13.1. The average Bonchev–Trinajstić information content (AvgIpc) is 2.93. The highest BCUT2D eigenvalue weighted by molar-refractivity contribution is 5.85. The quantitative estimate of drug-likeness (QED) is 0.779. The molecule has 98 valence electrons. The number of carbonyl (C=O) groups excluding carboxylic acids is 1. The number of nitrogens with zero attached hydrogens (tertiary/aromatic N) is 2. The zero-order valence-corrected chi connectivity index (χ0v) is 11.0. The molecule has 0 bridgehead atoms. The monoisotopic (exact) mass is 254 g/mol. The number of aromatic nitrogens is 2. The largest absolute Gasteiger partial charge is 0.298 e. The maximum Gasteiger partial charge on any atom is 0.153 e. The van der Waals surface area contributed by atoms with Crippen molar-refractivity contribution in [3.8, 4) is 11.3 Å². The second-order valence-corrected chi connectivity index (χ2v) is 5.17. The van der Waals surface area contributed by atoms with Crippen LogP contribution in [0, 0.1) is 0 Å². The minimum absolute atomic E-state index is 0.442. The highest BCUT2D eigenvalue weighted by atomic mass is 16.1. The van der Waals surface area contributed by atoms with Gasteiger partial charge in [-0.25, -0.2) is 0 Å². The van der Waals surface area contributed by atoms with Crippen molar-refractivity contribution >= 4 is 6.29 Å². The fourth-order valence-corrected chi connectivity index (χ4v) is 2.96. The highest BCUT2D eigenvalue weighted by Crippen LogP contribution is 2.33. The predicted molar refractivity (Wildman–Crippen MR) is 75.2 cm³/mol. The summed E-state index contributed by atoms with van der Waals surface area (Å²) in [5.74, 6) is 0. The van der Waals surface area contributed by atoms with Crippen LogP contribution < -0.4 is 0 Å². The van der Waals surface area contributed by atoms with Crippen LogP contribution >= 0.6 is 0 Å². The molecule has 0 saturated heterocycles. The van der Waals surface area contributed by atoms with E-state index in [4.69, 9.17) is 0 Å². The molecule has 0 spiro atoms. The molecule has 1 saturated carbocycles. The summed E-state index contributed by atoms with van der Waals surface area (Å²) in [7, 11) is 0. The van der Waals surface area contributed by atoms with Gasteiger partial charge in [0.05, 0.1) is 23.5 Å². The molecule has 1 aromatic carbocycles. The Bertz CT molecular complexity index is 553. The van der Waals surface area contributed by atoms with Gasteiger partial charge in [0.1, 0.15) is 0 Å². The molecule has 1 fully saturated rings. The number of hydrogen-bond acceptors (Lipinski definition) is 2. The van der Waals surface area contributed by atoms with Gasteiger partial charge in [-0.3, -0.25) is 9.48 Å². The fraction of sp³-hybridized carbons (Fsp3) is 0.375. The van der Waals surface area contributed by atoms with E-state index in [1.807, 2.05) is 30.3 Å². The summed E-state index contributed by atoms with van der Waals surface area (Å²) in [6.45, 7) is 0. The van der Waals surface area contributed by atoms with Crippen molar-refractivity contribution in [2.75, 3.05) is 0 Å². The van der Waals surface area contributed by atoms with E-state index in [-0.39, 0.29) is 0 Å². The Morgan fingerprint density at radius 2 is 1.84 bits per heavy atom. The van der Waals surface area contributed by atoms with Crippen LogP contribution in [-0.4, -0.2) is 16.1 Å². The third-order valence-electron chi connectivity index (χ3n) is 3.92. The Hall–Kier alpha value is -1.90. The summed E-state index contributed by atoms with van der Waals surface area (Å²) in [6, 6.07) is 10.5. The molecule has 0 N–H and O–H groups in total. The van der Waals surface area contributed by atoms with Gasteiger partial charge >= 0.3 is 0 Å². The molecule has 0 atom stereocenters. The molecule has 0 unspecified atom stereocenters. The van der Waals surface area contributed by atoms with Crippen LogP contribution in [0.1, 0.15) is 48.5 Å². The SMILES string of the molecule is O=Cc1cnn(C2CCCCC2)c1-c1ccccc1. The Balaban J connectivity index is 2.05. The van der Waals surface area contributed by atoms with E-state index in [2.05, 4.69) is 9.78 Å². The van der Waals surface area contributed by atoms with Gasteiger partial charge in [-0.2, -0.15) is 5.10 Å². The standard InChI is InChI=1S/C16H18N2O/c19-12-14-11-17-18(15-9-5-2-6-10-15)16(14)13-7-3-1-4-8-13/h1,3-4,7-8,11-12,15H,2,5-6,9-10H2. The molecule has 3 heteroatoms. The normalized spacial score (nSPS) is 16.4.